The van der Waals surface area contributed by atoms with Crippen LogP contribution in [-0.2, 0) is 0 Å². The molecule has 0 aliphatic rings. The van der Waals surface area contributed by atoms with Gasteiger partial charge in [0.1, 0.15) is 5.82 Å². The Hall–Kier alpha value is -5.73. The molecule has 0 bridgehead atoms. The summed E-state index contributed by atoms with van der Waals surface area (Å²) in [5, 5.41) is 10.3. The maximum atomic E-state index is 4.81. The van der Waals surface area contributed by atoms with Gasteiger partial charge in [0.15, 0.2) is 0 Å². The standard InChI is InChI=1S/C41H26N2/c1-2-11-33-31(9-1)32-10-3-4-12-34(32)38-25-29(21-22-35(33)38)27-17-19-28(20-18-27)30-23-24-42-41(26-30)43-39-15-7-5-13-36(39)37-14-6-8-16-40(37)43/h1-26H. The maximum Gasteiger partial charge on any atom is 0.138 e. The summed E-state index contributed by atoms with van der Waals surface area (Å²) in [5.74, 6) is 0.924. The van der Waals surface area contributed by atoms with Gasteiger partial charge in [-0.15, -0.1) is 0 Å². The second-order valence-electron chi connectivity index (χ2n) is 11.2. The number of fused-ring (bicyclic) bond motifs is 9. The van der Waals surface area contributed by atoms with E-state index in [2.05, 4.69) is 156 Å². The Kier molecular flexibility index (Phi) is 5.23. The van der Waals surface area contributed by atoms with Crippen LogP contribution in [-0.4, -0.2) is 9.55 Å². The number of benzene rings is 7. The quantitative estimate of drug-likeness (QED) is 0.202. The highest BCUT2D eigenvalue weighted by Crippen LogP contribution is 2.38. The Labute approximate surface area is 249 Å². The van der Waals surface area contributed by atoms with Crippen molar-refractivity contribution in [3.05, 3.63) is 158 Å². The summed E-state index contributed by atoms with van der Waals surface area (Å²) in [6.07, 6.45) is 1.92. The molecule has 2 heteroatoms. The molecule has 2 nitrogen and oxygen atoms in total. The summed E-state index contributed by atoms with van der Waals surface area (Å²) in [7, 11) is 0. The van der Waals surface area contributed by atoms with Crippen molar-refractivity contribution < 1.29 is 0 Å². The van der Waals surface area contributed by atoms with Crippen LogP contribution in [0.3, 0.4) is 0 Å². The molecule has 2 aromatic heterocycles. The van der Waals surface area contributed by atoms with E-state index in [-0.39, 0.29) is 0 Å². The van der Waals surface area contributed by atoms with Gasteiger partial charge in [-0.05, 0) is 84.9 Å². The van der Waals surface area contributed by atoms with Gasteiger partial charge in [-0.1, -0.05) is 121 Å². The Balaban J connectivity index is 1.13. The molecule has 200 valence electrons. The fourth-order valence-electron chi connectivity index (χ4n) is 6.83. The first kappa shape index (κ1) is 23.9. The SMILES string of the molecule is c1ccc2c(c1)c1ccccc1c1cc(-c3ccc(-c4ccnc(-n5c6ccccc6c6ccccc65)c4)cc3)ccc21. The Morgan fingerprint density at radius 2 is 0.744 bits per heavy atom. The molecular formula is C41H26N2. The van der Waals surface area contributed by atoms with Gasteiger partial charge in [0, 0.05) is 17.0 Å². The molecule has 9 rings (SSSR count). The van der Waals surface area contributed by atoms with Crippen LogP contribution in [0.15, 0.2) is 158 Å². The van der Waals surface area contributed by atoms with Crippen molar-refractivity contribution in [1.82, 2.24) is 9.55 Å². The van der Waals surface area contributed by atoms with Gasteiger partial charge in [0.2, 0.25) is 0 Å². The average Bonchev–Trinajstić information content (AvgIpc) is 3.43. The number of rotatable bonds is 3. The van der Waals surface area contributed by atoms with Gasteiger partial charge in [-0.3, -0.25) is 4.57 Å². The zero-order valence-corrected chi connectivity index (χ0v) is 23.4. The average molecular weight is 547 g/mol. The minimum absolute atomic E-state index is 0.924. The molecule has 0 atom stereocenters. The molecule has 0 fully saturated rings. The molecule has 2 heterocycles. The van der Waals surface area contributed by atoms with Crippen molar-refractivity contribution in [3.8, 4) is 28.1 Å². The summed E-state index contributed by atoms with van der Waals surface area (Å²) in [4.78, 5) is 4.81. The third-order valence-corrected chi connectivity index (χ3v) is 8.85. The fraction of sp³-hybridized carbons (Fsp3) is 0. The van der Waals surface area contributed by atoms with Gasteiger partial charge in [0.05, 0.1) is 11.0 Å². The van der Waals surface area contributed by atoms with Crippen molar-refractivity contribution in [2.75, 3.05) is 0 Å². The molecule has 7 aromatic carbocycles. The van der Waals surface area contributed by atoms with Crippen LogP contribution in [0.4, 0.5) is 0 Å². The molecule has 0 saturated carbocycles. The third-order valence-electron chi connectivity index (χ3n) is 8.85. The van der Waals surface area contributed by atoms with Crippen LogP contribution < -0.4 is 0 Å². The highest BCUT2D eigenvalue weighted by Gasteiger charge is 2.13. The summed E-state index contributed by atoms with van der Waals surface area (Å²) < 4.78 is 2.27. The van der Waals surface area contributed by atoms with Gasteiger partial charge in [-0.25, -0.2) is 4.98 Å². The van der Waals surface area contributed by atoms with Crippen LogP contribution in [0.1, 0.15) is 0 Å². The first-order valence-corrected chi connectivity index (χ1v) is 14.7. The molecule has 0 amide bonds. The van der Waals surface area contributed by atoms with E-state index in [9.17, 15) is 0 Å². The lowest BCUT2D eigenvalue weighted by Crippen LogP contribution is -1.97. The predicted molar refractivity (Wildman–Crippen MR) is 182 cm³/mol. The van der Waals surface area contributed by atoms with Gasteiger partial charge in [-0.2, -0.15) is 0 Å². The number of hydrogen-bond donors (Lipinski definition) is 0. The summed E-state index contributed by atoms with van der Waals surface area (Å²) in [6.45, 7) is 0. The van der Waals surface area contributed by atoms with Crippen molar-refractivity contribution in [2.24, 2.45) is 0 Å². The molecule has 0 saturated heterocycles. The predicted octanol–water partition coefficient (Wildman–Crippen LogP) is 11.0. The lowest BCUT2D eigenvalue weighted by molar-refractivity contribution is 1.08. The number of pyridine rings is 1. The number of nitrogens with zero attached hydrogens (tertiary/aromatic N) is 2. The molecule has 9 aromatic rings. The first-order valence-electron chi connectivity index (χ1n) is 14.7. The van der Waals surface area contributed by atoms with E-state index in [1.54, 1.807) is 0 Å². The van der Waals surface area contributed by atoms with E-state index >= 15 is 0 Å². The van der Waals surface area contributed by atoms with Crippen molar-refractivity contribution in [3.63, 3.8) is 0 Å². The Morgan fingerprint density at radius 3 is 1.30 bits per heavy atom. The fourth-order valence-corrected chi connectivity index (χ4v) is 6.83. The van der Waals surface area contributed by atoms with Crippen LogP contribution in [0.2, 0.25) is 0 Å². The summed E-state index contributed by atoms with van der Waals surface area (Å²) in [6, 6.07) is 54.7. The minimum Gasteiger partial charge on any atom is -0.294 e. The van der Waals surface area contributed by atoms with Crippen LogP contribution in [0, 0.1) is 0 Å². The number of hydrogen-bond acceptors (Lipinski definition) is 1. The molecule has 0 N–H and O–H groups in total. The minimum atomic E-state index is 0.924. The van der Waals surface area contributed by atoms with Crippen molar-refractivity contribution in [1.29, 1.82) is 0 Å². The van der Waals surface area contributed by atoms with Gasteiger partial charge in [0.25, 0.3) is 0 Å². The Bertz CT molecular complexity index is 2410. The topological polar surface area (TPSA) is 17.8 Å². The van der Waals surface area contributed by atoms with E-state index < -0.39 is 0 Å². The highest BCUT2D eigenvalue weighted by atomic mass is 15.1. The molecule has 0 spiro atoms. The summed E-state index contributed by atoms with van der Waals surface area (Å²) in [5.41, 5.74) is 7.08. The van der Waals surface area contributed by atoms with E-state index in [0.717, 1.165) is 11.4 Å². The Morgan fingerprint density at radius 1 is 0.326 bits per heavy atom. The van der Waals surface area contributed by atoms with Crippen molar-refractivity contribution in [2.45, 2.75) is 0 Å². The van der Waals surface area contributed by atoms with Crippen molar-refractivity contribution >= 4 is 54.1 Å². The molecule has 0 radical (unpaired) electrons. The third kappa shape index (κ3) is 3.70. The molecule has 0 aliphatic carbocycles. The number of para-hydroxylation sites is 2. The molecule has 0 unspecified atom stereocenters. The van der Waals surface area contributed by atoms with E-state index in [4.69, 9.17) is 4.98 Å². The molecule has 0 aliphatic heterocycles. The lowest BCUT2D eigenvalue weighted by atomic mass is 9.92. The van der Waals surface area contributed by atoms with E-state index in [1.165, 1.54) is 70.8 Å². The van der Waals surface area contributed by atoms with Gasteiger partial charge < -0.3 is 0 Å². The normalized spacial score (nSPS) is 11.7. The van der Waals surface area contributed by atoms with E-state index in [1.807, 2.05) is 6.20 Å². The molecular weight excluding hydrogens is 520 g/mol. The zero-order valence-electron chi connectivity index (χ0n) is 23.4. The second-order valence-corrected chi connectivity index (χ2v) is 11.2. The summed E-state index contributed by atoms with van der Waals surface area (Å²) >= 11 is 0. The van der Waals surface area contributed by atoms with Gasteiger partial charge >= 0.3 is 0 Å². The monoisotopic (exact) mass is 546 g/mol. The lowest BCUT2D eigenvalue weighted by Gasteiger charge is -2.12. The van der Waals surface area contributed by atoms with Crippen LogP contribution in [0.25, 0.3) is 82.2 Å². The van der Waals surface area contributed by atoms with Crippen LogP contribution >= 0.6 is 0 Å². The maximum absolute atomic E-state index is 4.81. The smallest absolute Gasteiger partial charge is 0.138 e. The highest BCUT2D eigenvalue weighted by molar-refractivity contribution is 6.25. The zero-order chi connectivity index (χ0) is 28.3. The second kappa shape index (κ2) is 9.40. The molecule has 43 heavy (non-hydrogen) atoms. The first-order chi connectivity index (χ1) is 21.3. The van der Waals surface area contributed by atoms with Crippen LogP contribution in [0.5, 0.6) is 0 Å². The van der Waals surface area contributed by atoms with E-state index in [0.29, 0.717) is 0 Å². The number of aromatic nitrogens is 2. The largest absolute Gasteiger partial charge is 0.294 e.